The van der Waals surface area contributed by atoms with Gasteiger partial charge in [-0.3, -0.25) is 14.5 Å². The Morgan fingerprint density at radius 2 is 1.88 bits per heavy atom. The number of aliphatic carboxylic acids is 1. The molecule has 41 heavy (non-hydrogen) atoms. The first kappa shape index (κ1) is 30.5. The third-order valence-corrected chi connectivity index (χ3v) is 8.15. The minimum absolute atomic E-state index is 0.0216. The van der Waals surface area contributed by atoms with Crippen LogP contribution in [0.15, 0.2) is 36.4 Å². The van der Waals surface area contributed by atoms with Crippen molar-refractivity contribution in [3.8, 4) is 23.0 Å². The summed E-state index contributed by atoms with van der Waals surface area (Å²) in [6, 6.07) is 11.2. The number of nitrogens with two attached hydrogens (primary N) is 1. The van der Waals surface area contributed by atoms with E-state index in [2.05, 4.69) is 11.8 Å². The molecule has 0 saturated carbocycles. The first-order chi connectivity index (χ1) is 19.9. The number of carboxylic acid groups (broad SMARTS) is 1. The average Bonchev–Trinajstić information content (AvgIpc) is 3.60. The smallest absolute Gasteiger partial charge is 0.308 e. The van der Waals surface area contributed by atoms with E-state index >= 15 is 0 Å². The Morgan fingerprint density at radius 1 is 1.10 bits per heavy atom. The molecular weight excluding hydrogens is 526 g/mol. The molecule has 3 N–H and O–H groups in total. The number of nitrogens with zero attached hydrogens (tertiary/aromatic N) is 2. The van der Waals surface area contributed by atoms with Gasteiger partial charge in [-0.15, -0.1) is 0 Å². The maximum atomic E-state index is 13.5. The van der Waals surface area contributed by atoms with E-state index in [0.717, 1.165) is 42.6 Å². The van der Waals surface area contributed by atoms with E-state index in [-0.39, 0.29) is 31.2 Å². The monoisotopic (exact) mass is 569 g/mol. The molecule has 0 spiro atoms. The van der Waals surface area contributed by atoms with Gasteiger partial charge in [0.1, 0.15) is 5.75 Å². The van der Waals surface area contributed by atoms with Crippen LogP contribution in [0.5, 0.6) is 23.0 Å². The Bertz CT molecular complexity index is 1190. The number of fused-ring (bicyclic) bond motifs is 1. The molecule has 10 heteroatoms. The zero-order chi connectivity index (χ0) is 29.4. The van der Waals surface area contributed by atoms with E-state index in [1.54, 1.807) is 14.2 Å². The molecule has 224 valence electrons. The molecule has 4 rings (SSSR count). The molecule has 2 heterocycles. The van der Waals surface area contributed by atoms with E-state index in [4.69, 9.17) is 24.7 Å². The molecule has 1 unspecified atom stereocenters. The summed E-state index contributed by atoms with van der Waals surface area (Å²) >= 11 is 0. The summed E-state index contributed by atoms with van der Waals surface area (Å²) in [7, 11) is 3.21. The topological polar surface area (TPSA) is 124 Å². The molecule has 0 aromatic heterocycles. The van der Waals surface area contributed by atoms with Crippen molar-refractivity contribution in [1.29, 1.82) is 0 Å². The second-order valence-corrected chi connectivity index (χ2v) is 10.7. The molecule has 1 fully saturated rings. The third-order valence-electron chi connectivity index (χ3n) is 8.15. The largest absolute Gasteiger partial charge is 0.496 e. The number of para-hydroxylation sites is 1. The molecule has 0 bridgehead atoms. The normalized spacial score (nSPS) is 19.8. The lowest BCUT2D eigenvalue weighted by molar-refractivity contribution is -0.143. The number of benzene rings is 2. The number of carbonyl (C=O) groups is 2. The Labute approximate surface area is 242 Å². The zero-order valence-corrected chi connectivity index (χ0v) is 24.3. The van der Waals surface area contributed by atoms with E-state index in [9.17, 15) is 14.7 Å². The third kappa shape index (κ3) is 7.05. The first-order valence-electron chi connectivity index (χ1n) is 14.5. The van der Waals surface area contributed by atoms with Gasteiger partial charge in [-0.2, -0.15) is 0 Å². The summed E-state index contributed by atoms with van der Waals surface area (Å²) < 4.78 is 22.3. The molecule has 2 aromatic carbocycles. The van der Waals surface area contributed by atoms with Crippen LogP contribution in [0.3, 0.4) is 0 Å². The van der Waals surface area contributed by atoms with Crippen molar-refractivity contribution in [3.63, 3.8) is 0 Å². The molecule has 0 radical (unpaired) electrons. The van der Waals surface area contributed by atoms with Crippen molar-refractivity contribution in [2.24, 2.45) is 11.7 Å². The van der Waals surface area contributed by atoms with Crippen molar-refractivity contribution < 1.29 is 33.6 Å². The minimum Gasteiger partial charge on any atom is -0.496 e. The van der Waals surface area contributed by atoms with Crippen molar-refractivity contribution in [1.82, 2.24) is 9.80 Å². The van der Waals surface area contributed by atoms with Gasteiger partial charge in [0.25, 0.3) is 0 Å². The summed E-state index contributed by atoms with van der Waals surface area (Å²) in [6.07, 6.45) is 3.97. The Hall–Kier alpha value is -3.50. The van der Waals surface area contributed by atoms with E-state index < -0.39 is 11.9 Å². The highest BCUT2D eigenvalue weighted by molar-refractivity contribution is 5.79. The number of hydrogen-bond donors (Lipinski definition) is 2. The maximum Gasteiger partial charge on any atom is 0.308 e. The first-order valence-corrected chi connectivity index (χ1v) is 14.5. The lowest BCUT2D eigenvalue weighted by Gasteiger charge is -2.29. The average molecular weight is 570 g/mol. The molecular formula is C31H43N3O7. The molecule has 3 atom stereocenters. The van der Waals surface area contributed by atoms with Gasteiger partial charge >= 0.3 is 5.97 Å². The molecule has 1 amide bonds. The predicted octanol–water partition coefficient (Wildman–Crippen LogP) is 3.51. The quantitative estimate of drug-likeness (QED) is 0.332. The van der Waals surface area contributed by atoms with Crippen LogP contribution in [0.1, 0.15) is 49.7 Å². The van der Waals surface area contributed by atoms with E-state index in [1.807, 2.05) is 41.3 Å². The standard InChI is InChI=1S/C31H43N3O7/c1-4-5-14-33(15-13-32)28(35)19-34-18-23(22-16-26(39-3)30-27(17-22)40-20-41-30)29(31(36)37)24(34)11-8-10-21-9-6-7-12-25(21)38-2/h6-7,9,12,16-17,23-24,29H,4-5,8,10-11,13-15,18-20,32H2,1-3H3,(H,36,37)/t23-,24+,29?/m1/s1. The van der Waals surface area contributed by atoms with Gasteiger partial charge in [0.2, 0.25) is 18.4 Å². The van der Waals surface area contributed by atoms with E-state index in [0.29, 0.717) is 49.8 Å². The number of rotatable bonds is 15. The highest BCUT2D eigenvalue weighted by Crippen LogP contribution is 2.47. The molecule has 10 nitrogen and oxygen atoms in total. The SMILES string of the molecule is CCCCN(CCN)C(=O)CN1C[C@H](c2cc(OC)c3c(c2)OCO3)C(C(=O)O)[C@@H]1CCCc1ccccc1OC. The number of likely N-dealkylation sites (tertiary alicyclic amines) is 1. The van der Waals surface area contributed by atoms with Crippen LogP contribution < -0.4 is 24.7 Å². The summed E-state index contributed by atoms with van der Waals surface area (Å²) in [5.41, 5.74) is 7.70. The second kappa shape index (κ2) is 14.4. The fraction of sp³-hybridized carbons (Fsp3) is 0.548. The summed E-state index contributed by atoms with van der Waals surface area (Å²) in [6.45, 7) is 4.25. The Kier molecular flexibility index (Phi) is 10.7. The van der Waals surface area contributed by atoms with Gasteiger partial charge in [0.15, 0.2) is 11.5 Å². The van der Waals surface area contributed by atoms with Crippen molar-refractivity contribution in [2.75, 3.05) is 53.7 Å². The molecule has 1 saturated heterocycles. The fourth-order valence-electron chi connectivity index (χ4n) is 6.11. The number of ether oxygens (including phenoxy) is 4. The van der Waals surface area contributed by atoms with Crippen LogP contribution in [0.25, 0.3) is 0 Å². The highest BCUT2D eigenvalue weighted by atomic mass is 16.7. The van der Waals surface area contributed by atoms with Crippen LogP contribution in [-0.2, 0) is 16.0 Å². The molecule has 2 aliphatic rings. The van der Waals surface area contributed by atoms with Crippen LogP contribution in [0.2, 0.25) is 0 Å². The number of carbonyl (C=O) groups excluding carboxylic acids is 1. The number of hydrogen-bond acceptors (Lipinski definition) is 8. The second-order valence-electron chi connectivity index (χ2n) is 10.7. The fourth-order valence-corrected chi connectivity index (χ4v) is 6.11. The minimum atomic E-state index is -0.881. The van der Waals surface area contributed by atoms with Crippen molar-refractivity contribution in [2.45, 2.75) is 51.0 Å². The summed E-state index contributed by atoms with van der Waals surface area (Å²) in [5, 5.41) is 10.5. The summed E-state index contributed by atoms with van der Waals surface area (Å²) in [4.78, 5) is 30.2. The molecule has 0 aliphatic carbocycles. The number of amides is 1. The molecule has 2 aromatic rings. The van der Waals surface area contributed by atoms with Crippen molar-refractivity contribution in [3.05, 3.63) is 47.5 Å². The van der Waals surface area contributed by atoms with Crippen molar-refractivity contribution >= 4 is 11.9 Å². The van der Waals surface area contributed by atoms with Gasteiger partial charge in [-0.05, 0) is 55.0 Å². The number of aryl methyl sites for hydroxylation is 1. The zero-order valence-electron chi connectivity index (χ0n) is 24.3. The number of unbranched alkanes of at least 4 members (excludes halogenated alkanes) is 1. The molecule has 2 aliphatic heterocycles. The Balaban J connectivity index is 1.62. The van der Waals surface area contributed by atoms with Crippen LogP contribution in [-0.4, -0.2) is 86.6 Å². The van der Waals surface area contributed by atoms with Crippen LogP contribution >= 0.6 is 0 Å². The Morgan fingerprint density at radius 3 is 2.59 bits per heavy atom. The van der Waals surface area contributed by atoms with Gasteiger partial charge < -0.3 is 34.7 Å². The van der Waals surface area contributed by atoms with Crippen LogP contribution in [0.4, 0.5) is 0 Å². The lowest BCUT2D eigenvalue weighted by Crippen LogP contribution is -2.45. The number of methoxy groups -OCH3 is 2. The van der Waals surface area contributed by atoms with Gasteiger partial charge in [0, 0.05) is 38.1 Å². The van der Waals surface area contributed by atoms with Crippen LogP contribution in [0, 0.1) is 5.92 Å². The highest BCUT2D eigenvalue weighted by Gasteiger charge is 2.47. The van der Waals surface area contributed by atoms with Gasteiger partial charge in [-0.25, -0.2) is 0 Å². The predicted molar refractivity (Wildman–Crippen MR) is 155 cm³/mol. The van der Waals surface area contributed by atoms with E-state index in [1.165, 1.54) is 0 Å². The van der Waals surface area contributed by atoms with Gasteiger partial charge in [-0.1, -0.05) is 31.5 Å². The lowest BCUT2D eigenvalue weighted by atomic mass is 9.83. The summed E-state index contributed by atoms with van der Waals surface area (Å²) in [5.74, 6) is 0.409. The number of carboxylic acids is 1. The van der Waals surface area contributed by atoms with Gasteiger partial charge in [0.05, 0.1) is 26.7 Å². The maximum absolute atomic E-state index is 13.5.